The van der Waals surface area contributed by atoms with Crippen LogP contribution < -0.4 is 5.73 Å². The predicted octanol–water partition coefficient (Wildman–Crippen LogP) is 2.38. The monoisotopic (exact) mass is 326 g/mol. The van der Waals surface area contributed by atoms with Crippen molar-refractivity contribution < 1.29 is 19.2 Å². The maximum atomic E-state index is 11.9. The Morgan fingerprint density at radius 2 is 1.71 bits per heavy atom. The van der Waals surface area contributed by atoms with Gasteiger partial charge in [-0.25, -0.2) is 4.79 Å². The number of benzene rings is 2. The number of ether oxygens (including phenoxy) is 1. The van der Waals surface area contributed by atoms with E-state index < -0.39 is 22.9 Å². The second-order valence-corrected chi connectivity index (χ2v) is 4.78. The molecule has 0 aliphatic heterocycles. The molecular formula is C17H14N2O5. The van der Waals surface area contributed by atoms with Crippen molar-refractivity contribution in [1.29, 1.82) is 0 Å². The van der Waals surface area contributed by atoms with Gasteiger partial charge in [0.15, 0.2) is 0 Å². The molecule has 0 saturated heterocycles. The number of hydrogen-bond donors (Lipinski definition) is 1. The van der Waals surface area contributed by atoms with Crippen LogP contribution >= 0.6 is 0 Å². The van der Waals surface area contributed by atoms with E-state index in [1.807, 2.05) is 0 Å². The minimum absolute atomic E-state index is 0.143. The molecule has 0 aromatic heterocycles. The van der Waals surface area contributed by atoms with Crippen LogP contribution in [0.5, 0.6) is 0 Å². The first-order valence-electron chi connectivity index (χ1n) is 6.95. The highest BCUT2D eigenvalue weighted by atomic mass is 16.6. The molecular weight excluding hydrogens is 312 g/mol. The fourth-order valence-electron chi connectivity index (χ4n) is 2.03. The van der Waals surface area contributed by atoms with Crippen LogP contribution in [0.3, 0.4) is 0 Å². The molecule has 2 aromatic rings. The van der Waals surface area contributed by atoms with Crippen LogP contribution in [0.4, 0.5) is 5.69 Å². The van der Waals surface area contributed by atoms with Crippen LogP contribution in [0.1, 0.15) is 17.2 Å². The molecule has 2 rings (SSSR count). The van der Waals surface area contributed by atoms with E-state index >= 15 is 0 Å². The van der Waals surface area contributed by atoms with E-state index in [0.29, 0.717) is 5.56 Å². The third-order valence-electron chi connectivity index (χ3n) is 3.13. The van der Waals surface area contributed by atoms with E-state index in [-0.39, 0.29) is 11.3 Å². The highest BCUT2D eigenvalue weighted by molar-refractivity contribution is 5.91. The number of nitro benzene ring substituents is 1. The second kappa shape index (κ2) is 7.68. The first-order valence-corrected chi connectivity index (χ1v) is 6.95. The van der Waals surface area contributed by atoms with Crippen molar-refractivity contribution in [3.05, 3.63) is 81.9 Å². The van der Waals surface area contributed by atoms with Gasteiger partial charge in [-0.1, -0.05) is 42.5 Å². The van der Waals surface area contributed by atoms with E-state index in [4.69, 9.17) is 10.5 Å². The molecule has 7 heteroatoms. The lowest BCUT2D eigenvalue weighted by Crippen LogP contribution is -2.25. The molecule has 0 bridgehead atoms. The maximum Gasteiger partial charge on any atom is 0.331 e. The van der Waals surface area contributed by atoms with Crippen LogP contribution in [-0.4, -0.2) is 16.8 Å². The first kappa shape index (κ1) is 16.9. The Morgan fingerprint density at radius 3 is 2.33 bits per heavy atom. The summed E-state index contributed by atoms with van der Waals surface area (Å²) in [5.74, 6) is -1.64. The van der Waals surface area contributed by atoms with E-state index in [2.05, 4.69) is 0 Å². The maximum absolute atomic E-state index is 11.9. The zero-order valence-corrected chi connectivity index (χ0v) is 12.5. The van der Waals surface area contributed by atoms with Gasteiger partial charge < -0.3 is 10.5 Å². The Hall–Kier alpha value is -3.48. The number of nitrogens with two attached hydrogens (primary N) is 1. The number of nitro groups is 1. The summed E-state index contributed by atoms with van der Waals surface area (Å²) in [4.78, 5) is 33.7. The Bertz CT molecular complexity index is 787. The standard InChI is InChI=1S/C17H14N2O5/c18-17(21)16(13-7-2-1-3-8-13)24-15(20)11-10-12-6-4-5-9-14(12)19(22)23/h1-11,16H,(H2,18,21)/b11-10+. The first-order chi connectivity index (χ1) is 11.5. The average molecular weight is 326 g/mol. The normalized spacial score (nSPS) is 11.8. The number of primary amides is 1. The molecule has 0 fully saturated rings. The van der Waals surface area contributed by atoms with Gasteiger partial charge in [0.25, 0.3) is 11.6 Å². The number of esters is 1. The highest BCUT2D eigenvalue weighted by Gasteiger charge is 2.21. The quantitative estimate of drug-likeness (QED) is 0.379. The number of hydrogen-bond acceptors (Lipinski definition) is 5. The van der Waals surface area contributed by atoms with E-state index in [0.717, 1.165) is 6.08 Å². The molecule has 122 valence electrons. The Kier molecular flexibility index (Phi) is 5.40. The molecule has 1 atom stereocenters. The zero-order valence-electron chi connectivity index (χ0n) is 12.5. The summed E-state index contributed by atoms with van der Waals surface area (Å²) >= 11 is 0. The summed E-state index contributed by atoms with van der Waals surface area (Å²) in [6.07, 6.45) is 1.04. The Morgan fingerprint density at radius 1 is 1.08 bits per heavy atom. The van der Waals surface area contributed by atoms with Crippen molar-refractivity contribution in [3.8, 4) is 0 Å². The SMILES string of the molecule is NC(=O)C(OC(=O)/C=C/c1ccccc1[N+](=O)[O-])c1ccccc1. The van der Waals surface area contributed by atoms with Crippen molar-refractivity contribution >= 4 is 23.6 Å². The number of rotatable bonds is 6. The third kappa shape index (κ3) is 4.26. The fraction of sp³-hybridized carbons (Fsp3) is 0.0588. The van der Waals surface area contributed by atoms with E-state index in [1.54, 1.807) is 36.4 Å². The lowest BCUT2D eigenvalue weighted by atomic mass is 10.1. The Labute approximate surface area is 137 Å². The van der Waals surface area contributed by atoms with Gasteiger partial charge in [0.1, 0.15) is 0 Å². The smallest absolute Gasteiger partial charge is 0.331 e. The van der Waals surface area contributed by atoms with Crippen molar-refractivity contribution in [1.82, 2.24) is 0 Å². The number of carbonyl (C=O) groups excluding carboxylic acids is 2. The molecule has 1 unspecified atom stereocenters. The summed E-state index contributed by atoms with van der Waals surface area (Å²) in [5, 5.41) is 10.9. The molecule has 0 aliphatic rings. The number of amides is 1. The number of nitrogens with zero attached hydrogens (tertiary/aromatic N) is 1. The molecule has 7 nitrogen and oxygen atoms in total. The van der Waals surface area contributed by atoms with Crippen LogP contribution in [0.25, 0.3) is 6.08 Å². The van der Waals surface area contributed by atoms with Crippen LogP contribution in [0, 0.1) is 10.1 Å². The van der Waals surface area contributed by atoms with Crippen LogP contribution in [-0.2, 0) is 14.3 Å². The van der Waals surface area contributed by atoms with Crippen molar-refractivity contribution in [2.24, 2.45) is 5.73 Å². The van der Waals surface area contributed by atoms with Crippen molar-refractivity contribution in [2.75, 3.05) is 0 Å². The lowest BCUT2D eigenvalue weighted by Gasteiger charge is -2.13. The topological polar surface area (TPSA) is 113 Å². The van der Waals surface area contributed by atoms with E-state index in [9.17, 15) is 19.7 Å². The molecule has 1 amide bonds. The predicted molar refractivity (Wildman–Crippen MR) is 86.6 cm³/mol. The summed E-state index contributed by atoms with van der Waals surface area (Å²) in [7, 11) is 0. The van der Waals surface area contributed by atoms with Crippen molar-refractivity contribution in [3.63, 3.8) is 0 Å². The molecule has 0 heterocycles. The molecule has 0 aliphatic carbocycles. The van der Waals surface area contributed by atoms with Gasteiger partial charge in [0.2, 0.25) is 6.10 Å². The van der Waals surface area contributed by atoms with Crippen molar-refractivity contribution in [2.45, 2.75) is 6.10 Å². The number of para-hydroxylation sites is 1. The average Bonchev–Trinajstić information content (AvgIpc) is 2.58. The van der Waals surface area contributed by atoms with Gasteiger partial charge in [0.05, 0.1) is 10.5 Å². The van der Waals surface area contributed by atoms with E-state index in [1.165, 1.54) is 24.3 Å². The van der Waals surface area contributed by atoms with Gasteiger partial charge in [-0.3, -0.25) is 14.9 Å². The van der Waals surface area contributed by atoms with Crippen LogP contribution in [0.2, 0.25) is 0 Å². The number of carbonyl (C=O) groups is 2. The molecule has 0 radical (unpaired) electrons. The molecule has 2 N–H and O–H groups in total. The molecule has 0 spiro atoms. The van der Waals surface area contributed by atoms with Gasteiger partial charge in [0, 0.05) is 17.7 Å². The van der Waals surface area contributed by atoms with Gasteiger partial charge in [-0.2, -0.15) is 0 Å². The Balaban J connectivity index is 2.15. The second-order valence-electron chi connectivity index (χ2n) is 4.78. The molecule has 2 aromatic carbocycles. The zero-order chi connectivity index (χ0) is 17.5. The minimum Gasteiger partial charge on any atom is -0.444 e. The highest BCUT2D eigenvalue weighted by Crippen LogP contribution is 2.20. The minimum atomic E-state index is -1.23. The lowest BCUT2D eigenvalue weighted by molar-refractivity contribution is -0.385. The molecule has 0 saturated carbocycles. The van der Waals surface area contributed by atoms with Gasteiger partial charge in [-0.15, -0.1) is 0 Å². The van der Waals surface area contributed by atoms with Gasteiger partial charge >= 0.3 is 5.97 Å². The summed E-state index contributed by atoms with van der Waals surface area (Å²) in [6, 6.07) is 14.3. The third-order valence-corrected chi connectivity index (χ3v) is 3.13. The summed E-state index contributed by atoms with van der Waals surface area (Å²) < 4.78 is 5.05. The summed E-state index contributed by atoms with van der Waals surface area (Å²) in [5.41, 5.74) is 5.80. The summed E-state index contributed by atoms with van der Waals surface area (Å²) in [6.45, 7) is 0. The largest absolute Gasteiger partial charge is 0.444 e. The van der Waals surface area contributed by atoms with Gasteiger partial charge in [-0.05, 0) is 12.1 Å². The fourth-order valence-corrected chi connectivity index (χ4v) is 2.03. The van der Waals surface area contributed by atoms with Crippen LogP contribution in [0.15, 0.2) is 60.7 Å². The molecule has 24 heavy (non-hydrogen) atoms.